The lowest BCUT2D eigenvalue weighted by Crippen LogP contribution is -2.38. The van der Waals surface area contributed by atoms with Crippen molar-refractivity contribution in [3.8, 4) is 0 Å². The van der Waals surface area contributed by atoms with Gasteiger partial charge in [-0.05, 0) is 62.2 Å². The van der Waals surface area contributed by atoms with Crippen LogP contribution in [0.4, 0.5) is 0 Å². The Morgan fingerprint density at radius 2 is 1.91 bits per heavy atom. The van der Waals surface area contributed by atoms with Gasteiger partial charge in [-0.2, -0.15) is 0 Å². The molecule has 0 aromatic rings. The summed E-state index contributed by atoms with van der Waals surface area (Å²) in [5.41, 5.74) is -0.203. The van der Waals surface area contributed by atoms with Gasteiger partial charge in [0.05, 0.1) is 11.3 Å². The number of hydrogen-bond donors (Lipinski definition) is 0. The molecule has 4 bridgehead atoms. The van der Waals surface area contributed by atoms with Crippen molar-refractivity contribution in [3.63, 3.8) is 0 Å². The Morgan fingerprint density at radius 1 is 1.09 bits per heavy atom. The SMILES string of the molecule is C[C@@H]1C2CC3C(C(=O)OC31)C2C[C@@H]1C2CC3C1OC(=O)[C@]3(C)C2. The minimum absolute atomic E-state index is 0.0409. The highest BCUT2D eigenvalue weighted by Gasteiger charge is 2.70. The molecule has 6 fully saturated rings. The fourth-order valence-corrected chi connectivity index (χ4v) is 7.93. The summed E-state index contributed by atoms with van der Waals surface area (Å²) in [5, 5.41) is 0. The van der Waals surface area contributed by atoms with Crippen molar-refractivity contribution in [2.24, 2.45) is 52.8 Å². The van der Waals surface area contributed by atoms with Crippen LogP contribution < -0.4 is 0 Å². The highest BCUT2D eigenvalue weighted by Crippen LogP contribution is 2.67. The standard InChI is InChI=1S/C19H24O4/c1-7-9-4-12-14(17(20)22-15(7)12)11(9)5-10-8-3-13-16(10)23-18(21)19(13,2)6-8/h7-16H,3-6H2,1-2H3/t7-,8?,9?,10-,11?,12?,13?,14?,15?,16?,19-/m1/s1. The fourth-order valence-electron chi connectivity index (χ4n) is 7.93. The number of fused-ring (bicyclic) bond motifs is 2. The Bertz CT molecular complexity index is 629. The monoisotopic (exact) mass is 316 g/mol. The molecule has 2 aliphatic heterocycles. The molecule has 6 aliphatic rings. The van der Waals surface area contributed by atoms with Gasteiger partial charge >= 0.3 is 11.9 Å². The van der Waals surface area contributed by atoms with Crippen molar-refractivity contribution >= 4 is 11.9 Å². The normalized spacial score (nSPS) is 63.9. The van der Waals surface area contributed by atoms with Crippen LogP contribution in [-0.2, 0) is 19.1 Å². The van der Waals surface area contributed by atoms with Gasteiger partial charge < -0.3 is 9.47 Å². The maximum absolute atomic E-state index is 12.3. The van der Waals surface area contributed by atoms with E-state index in [0.29, 0.717) is 41.4 Å². The first-order valence-electron chi connectivity index (χ1n) is 9.40. The second-order valence-electron chi connectivity index (χ2n) is 9.51. The Kier molecular flexibility index (Phi) is 2.18. The van der Waals surface area contributed by atoms with Crippen LogP contribution in [0.25, 0.3) is 0 Å². The third-order valence-corrected chi connectivity index (χ3v) is 8.90. The quantitative estimate of drug-likeness (QED) is 0.734. The molecule has 2 heterocycles. The summed E-state index contributed by atoms with van der Waals surface area (Å²) in [7, 11) is 0. The zero-order chi connectivity index (χ0) is 15.7. The average molecular weight is 316 g/mol. The molecule has 4 saturated carbocycles. The zero-order valence-corrected chi connectivity index (χ0v) is 13.7. The molecule has 11 atom stereocenters. The largest absolute Gasteiger partial charge is 0.462 e. The number of esters is 2. The molecule has 23 heavy (non-hydrogen) atoms. The van der Waals surface area contributed by atoms with Crippen molar-refractivity contribution in [2.45, 2.75) is 51.7 Å². The lowest BCUT2D eigenvalue weighted by atomic mass is 9.66. The van der Waals surface area contributed by atoms with Crippen LogP contribution in [0.15, 0.2) is 0 Å². The molecular weight excluding hydrogens is 292 g/mol. The van der Waals surface area contributed by atoms with Crippen LogP contribution >= 0.6 is 0 Å². The first-order chi connectivity index (χ1) is 11.0. The molecule has 0 N–H and O–H groups in total. The van der Waals surface area contributed by atoms with Crippen molar-refractivity contribution in [3.05, 3.63) is 0 Å². The van der Waals surface area contributed by atoms with E-state index < -0.39 is 0 Å². The van der Waals surface area contributed by atoms with E-state index in [9.17, 15) is 9.59 Å². The molecule has 0 aromatic heterocycles. The average Bonchev–Trinajstić information content (AvgIpc) is 3.25. The molecule has 4 aliphatic carbocycles. The fraction of sp³-hybridized carbons (Fsp3) is 0.895. The van der Waals surface area contributed by atoms with E-state index >= 15 is 0 Å². The van der Waals surface area contributed by atoms with Crippen molar-refractivity contribution in [1.82, 2.24) is 0 Å². The number of ether oxygens (including phenoxy) is 2. The smallest absolute Gasteiger partial charge is 0.312 e. The van der Waals surface area contributed by atoms with E-state index in [1.54, 1.807) is 0 Å². The Balaban J connectivity index is 1.30. The maximum Gasteiger partial charge on any atom is 0.312 e. The van der Waals surface area contributed by atoms with Crippen molar-refractivity contribution in [1.29, 1.82) is 0 Å². The molecule has 0 radical (unpaired) electrons. The third-order valence-electron chi connectivity index (χ3n) is 8.90. The van der Waals surface area contributed by atoms with Gasteiger partial charge in [0.1, 0.15) is 12.2 Å². The summed E-state index contributed by atoms with van der Waals surface area (Å²) in [4.78, 5) is 24.6. The van der Waals surface area contributed by atoms with Gasteiger partial charge in [-0.3, -0.25) is 9.59 Å². The Labute approximate surface area is 136 Å². The van der Waals surface area contributed by atoms with E-state index in [1.807, 2.05) is 0 Å². The number of carbonyl (C=O) groups excluding carboxylic acids is 2. The van der Waals surface area contributed by atoms with Gasteiger partial charge in [0.25, 0.3) is 0 Å². The number of rotatable bonds is 2. The highest BCUT2D eigenvalue weighted by atomic mass is 16.6. The molecule has 6 rings (SSSR count). The first-order valence-corrected chi connectivity index (χ1v) is 9.40. The van der Waals surface area contributed by atoms with Crippen LogP contribution in [0.3, 0.4) is 0 Å². The Hall–Kier alpha value is -1.06. The lowest BCUT2D eigenvalue weighted by molar-refractivity contribution is -0.148. The second kappa shape index (κ2) is 3.78. The van der Waals surface area contributed by atoms with E-state index in [1.165, 1.54) is 6.42 Å². The van der Waals surface area contributed by atoms with Crippen LogP contribution in [-0.4, -0.2) is 24.1 Å². The summed E-state index contributed by atoms with van der Waals surface area (Å²) in [6, 6.07) is 0. The maximum atomic E-state index is 12.3. The van der Waals surface area contributed by atoms with E-state index in [0.717, 1.165) is 19.3 Å². The topological polar surface area (TPSA) is 52.6 Å². The molecular formula is C19H24O4. The minimum atomic E-state index is -0.203. The van der Waals surface area contributed by atoms with Crippen molar-refractivity contribution < 1.29 is 19.1 Å². The summed E-state index contributed by atoms with van der Waals surface area (Å²) in [5.74, 6) is 3.90. The molecule has 2 saturated heterocycles. The Morgan fingerprint density at radius 3 is 2.74 bits per heavy atom. The van der Waals surface area contributed by atoms with Gasteiger partial charge in [0, 0.05) is 11.8 Å². The molecule has 0 spiro atoms. The molecule has 4 nitrogen and oxygen atoms in total. The molecule has 8 unspecified atom stereocenters. The second-order valence-corrected chi connectivity index (χ2v) is 9.51. The van der Waals surface area contributed by atoms with Crippen LogP contribution in [0.1, 0.15) is 39.5 Å². The van der Waals surface area contributed by atoms with Crippen LogP contribution in [0.5, 0.6) is 0 Å². The predicted octanol–water partition coefficient (Wildman–Crippen LogP) is 2.41. The van der Waals surface area contributed by atoms with Crippen molar-refractivity contribution in [2.75, 3.05) is 0 Å². The predicted molar refractivity (Wildman–Crippen MR) is 79.9 cm³/mol. The van der Waals surface area contributed by atoms with Gasteiger partial charge in [0.15, 0.2) is 0 Å². The summed E-state index contributed by atoms with van der Waals surface area (Å²) < 4.78 is 11.5. The van der Waals surface area contributed by atoms with Crippen LogP contribution in [0.2, 0.25) is 0 Å². The molecule has 4 heteroatoms. The zero-order valence-electron chi connectivity index (χ0n) is 13.7. The number of hydrogen-bond acceptors (Lipinski definition) is 4. The van der Waals surface area contributed by atoms with E-state index in [4.69, 9.17) is 9.47 Å². The molecule has 0 aromatic carbocycles. The number of carbonyl (C=O) groups is 2. The lowest BCUT2D eigenvalue weighted by Gasteiger charge is -2.36. The van der Waals surface area contributed by atoms with E-state index in [-0.39, 0.29) is 35.5 Å². The van der Waals surface area contributed by atoms with E-state index in [2.05, 4.69) is 13.8 Å². The summed E-state index contributed by atoms with van der Waals surface area (Å²) in [6.07, 6.45) is 4.75. The first kappa shape index (κ1) is 13.3. The highest BCUT2D eigenvalue weighted by molar-refractivity contribution is 5.80. The molecule has 124 valence electrons. The third kappa shape index (κ3) is 1.30. The van der Waals surface area contributed by atoms with Gasteiger partial charge in [-0.1, -0.05) is 6.92 Å². The van der Waals surface area contributed by atoms with Gasteiger partial charge in [-0.25, -0.2) is 0 Å². The summed E-state index contributed by atoms with van der Waals surface area (Å²) in [6.45, 7) is 4.37. The molecule has 0 amide bonds. The van der Waals surface area contributed by atoms with Crippen LogP contribution in [0, 0.1) is 52.8 Å². The van der Waals surface area contributed by atoms with Gasteiger partial charge in [-0.15, -0.1) is 0 Å². The van der Waals surface area contributed by atoms with Gasteiger partial charge in [0.2, 0.25) is 0 Å². The minimum Gasteiger partial charge on any atom is -0.462 e. The summed E-state index contributed by atoms with van der Waals surface area (Å²) >= 11 is 0.